The standard InChI is InChI=1S/C22H29N5O4/c1-7-27-16(3)17(15(2)23-27)13-25(4)22(28)18-11-12-26(24-18)14-31-21-19(29-5)9-8-10-20(21)30-6/h8-12H,7,13-14H2,1-6H3. The molecule has 9 nitrogen and oxygen atoms in total. The van der Waals surface area contributed by atoms with Crippen LogP contribution < -0.4 is 14.2 Å². The number of aryl methyl sites for hydroxylation is 2. The topological polar surface area (TPSA) is 83.6 Å². The highest BCUT2D eigenvalue weighted by molar-refractivity contribution is 5.92. The monoisotopic (exact) mass is 427 g/mol. The van der Waals surface area contributed by atoms with Gasteiger partial charge in [-0.05, 0) is 39.0 Å². The Bertz CT molecular complexity index is 1030. The Kier molecular flexibility index (Phi) is 6.84. The lowest BCUT2D eigenvalue weighted by Gasteiger charge is -2.16. The van der Waals surface area contributed by atoms with Crippen molar-refractivity contribution in [2.45, 2.75) is 40.6 Å². The van der Waals surface area contributed by atoms with Crippen LogP contribution >= 0.6 is 0 Å². The smallest absolute Gasteiger partial charge is 0.274 e. The van der Waals surface area contributed by atoms with Crippen molar-refractivity contribution in [3.63, 3.8) is 0 Å². The largest absolute Gasteiger partial charge is 0.493 e. The van der Waals surface area contributed by atoms with Crippen molar-refractivity contribution in [1.82, 2.24) is 24.5 Å². The van der Waals surface area contributed by atoms with Crippen molar-refractivity contribution >= 4 is 5.91 Å². The molecule has 166 valence electrons. The second-order valence-corrected chi connectivity index (χ2v) is 7.13. The fourth-order valence-corrected chi connectivity index (χ4v) is 3.41. The lowest BCUT2D eigenvalue weighted by atomic mass is 10.2. The highest BCUT2D eigenvalue weighted by Gasteiger charge is 2.19. The number of nitrogens with zero attached hydrogens (tertiary/aromatic N) is 5. The zero-order valence-electron chi connectivity index (χ0n) is 18.9. The molecule has 0 aliphatic rings. The third kappa shape index (κ3) is 4.65. The van der Waals surface area contributed by atoms with Crippen molar-refractivity contribution in [3.8, 4) is 17.2 Å². The Hall–Kier alpha value is -3.49. The predicted molar refractivity (Wildman–Crippen MR) is 116 cm³/mol. The zero-order chi connectivity index (χ0) is 22.5. The van der Waals surface area contributed by atoms with Crippen LogP contribution in [-0.2, 0) is 19.8 Å². The van der Waals surface area contributed by atoms with Crippen LogP contribution in [0.2, 0.25) is 0 Å². The first kappa shape index (κ1) is 22.2. The summed E-state index contributed by atoms with van der Waals surface area (Å²) >= 11 is 0. The molecular weight excluding hydrogens is 398 g/mol. The summed E-state index contributed by atoms with van der Waals surface area (Å²) in [7, 11) is 4.89. The Morgan fingerprint density at radius 3 is 2.35 bits per heavy atom. The summed E-state index contributed by atoms with van der Waals surface area (Å²) in [5.41, 5.74) is 3.41. The second kappa shape index (κ2) is 9.55. The maximum absolute atomic E-state index is 12.9. The van der Waals surface area contributed by atoms with Crippen LogP contribution in [0.1, 0.15) is 34.4 Å². The fourth-order valence-electron chi connectivity index (χ4n) is 3.41. The number of carbonyl (C=O) groups is 1. The molecule has 2 heterocycles. The second-order valence-electron chi connectivity index (χ2n) is 7.13. The van der Waals surface area contributed by atoms with E-state index in [0.717, 1.165) is 23.5 Å². The van der Waals surface area contributed by atoms with Crippen LogP contribution in [0.15, 0.2) is 30.5 Å². The van der Waals surface area contributed by atoms with Crippen LogP contribution in [0.5, 0.6) is 17.2 Å². The normalized spacial score (nSPS) is 10.8. The van der Waals surface area contributed by atoms with Gasteiger partial charge in [0.25, 0.3) is 5.91 Å². The Morgan fingerprint density at radius 1 is 1.10 bits per heavy atom. The zero-order valence-corrected chi connectivity index (χ0v) is 18.9. The molecule has 0 radical (unpaired) electrons. The van der Waals surface area contributed by atoms with E-state index < -0.39 is 0 Å². The van der Waals surface area contributed by atoms with Gasteiger partial charge in [0.2, 0.25) is 5.75 Å². The summed E-state index contributed by atoms with van der Waals surface area (Å²) in [6, 6.07) is 7.07. The molecule has 3 aromatic rings. The summed E-state index contributed by atoms with van der Waals surface area (Å²) < 4.78 is 20.0. The SMILES string of the molecule is CCn1nc(C)c(CN(C)C(=O)c2ccn(COc3c(OC)cccc3OC)n2)c1C. The van der Waals surface area contributed by atoms with Gasteiger partial charge in [0.1, 0.15) is 0 Å². The highest BCUT2D eigenvalue weighted by Crippen LogP contribution is 2.36. The molecule has 0 bridgehead atoms. The number of para-hydroxylation sites is 1. The number of benzene rings is 1. The van der Waals surface area contributed by atoms with Gasteiger partial charge in [-0.1, -0.05) is 6.07 Å². The number of carbonyl (C=O) groups excluding carboxylic acids is 1. The molecule has 3 rings (SSSR count). The van der Waals surface area contributed by atoms with Crippen molar-refractivity contribution < 1.29 is 19.0 Å². The van der Waals surface area contributed by atoms with Gasteiger partial charge in [0.15, 0.2) is 23.9 Å². The van der Waals surface area contributed by atoms with Crippen molar-refractivity contribution in [3.05, 3.63) is 53.1 Å². The number of hydrogen-bond donors (Lipinski definition) is 0. The number of ether oxygens (including phenoxy) is 3. The van der Waals surface area contributed by atoms with Gasteiger partial charge in [0, 0.05) is 37.6 Å². The van der Waals surface area contributed by atoms with E-state index in [2.05, 4.69) is 10.2 Å². The van der Waals surface area contributed by atoms with E-state index in [0.29, 0.717) is 29.5 Å². The van der Waals surface area contributed by atoms with E-state index >= 15 is 0 Å². The predicted octanol–water partition coefficient (Wildman–Crippen LogP) is 3.04. The molecule has 0 fully saturated rings. The maximum Gasteiger partial charge on any atom is 0.274 e. The third-order valence-electron chi connectivity index (χ3n) is 5.16. The van der Waals surface area contributed by atoms with E-state index in [9.17, 15) is 4.79 Å². The minimum atomic E-state index is -0.170. The number of rotatable bonds is 9. The Balaban J connectivity index is 1.68. The highest BCUT2D eigenvalue weighted by atomic mass is 16.5. The van der Waals surface area contributed by atoms with Gasteiger partial charge >= 0.3 is 0 Å². The maximum atomic E-state index is 12.9. The van der Waals surface area contributed by atoms with Crippen LogP contribution in [0.4, 0.5) is 0 Å². The molecule has 2 aromatic heterocycles. The molecule has 0 N–H and O–H groups in total. The molecule has 9 heteroatoms. The first-order chi connectivity index (χ1) is 14.9. The van der Waals surface area contributed by atoms with Crippen molar-refractivity contribution in [1.29, 1.82) is 0 Å². The summed E-state index contributed by atoms with van der Waals surface area (Å²) in [6.45, 7) is 7.41. The molecule has 0 spiro atoms. The minimum absolute atomic E-state index is 0.106. The van der Waals surface area contributed by atoms with Gasteiger partial charge in [-0.25, -0.2) is 4.68 Å². The quantitative estimate of drug-likeness (QED) is 0.522. The van der Waals surface area contributed by atoms with E-state index in [1.165, 1.54) is 0 Å². The molecule has 1 aromatic carbocycles. The third-order valence-corrected chi connectivity index (χ3v) is 5.16. The lowest BCUT2D eigenvalue weighted by Crippen LogP contribution is -2.27. The Labute approximate surface area is 182 Å². The molecule has 0 aliphatic carbocycles. The lowest BCUT2D eigenvalue weighted by molar-refractivity contribution is 0.0776. The molecule has 0 atom stereocenters. The molecule has 0 saturated heterocycles. The number of aromatic nitrogens is 4. The minimum Gasteiger partial charge on any atom is -0.493 e. The van der Waals surface area contributed by atoms with E-state index in [4.69, 9.17) is 14.2 Å². The van der Waals surface area contributed by atoms with Crippen LogP contribution in [-0.4, -0.2) is 51.6 Å². The fraction of sp³-hybridized carbons (Fsp3) is 0.409. The van der Waals surface area contributed by atoms with Crippen molar-refractivity contribution in [2.24, 2.45) is 0 Å². The first-order valence-corrected chi connectivity index (χ1v) is 10.0. The summed E-state index contributed by atoms with van der Waals surface area (Å²) in [5, 5.41) is 8.88. The average Bonchev–Trinajstić information content (AvgIpc) is 3.36. The van der Waals surface area contributed by atoms with Gasteiger partial charge < -0.3 is 19.1 Å². The van der Waals surface area contributed by atoms with Gasteiger partial charge in [0.05, 0.1) is 19.9 Å². The van der Waals surface area contributed by atoms with Crippen LogP contribution in [0, 0.1) is 13.8 Å². The van der Waals surface area contributed by atoms with E-state index in [1.54, 1.807) is 55.2 Å². The molecule has 0 aliphatic heterocycles. The van der Waals surface area contributed by atoms with Gasteiger partial charge in [-0.2, -0.15) is 10.2 Å². The van der Waals surface area contributed by atoms with E-state index in [-0.39, 0.29) is 12.6 Å². The summed E-state index contributed by atoms with van der Waals surface area (Å²) in [6.07, 6.45) is 1.70. The number of amides is 1. The summed E-state index contributed by atoms with van der Waals surface area (Å²) in [5.74, 6) is 1.42. The van der Waals surface area contributed by atoms with Crippen LogP contribution in [0.25, 0.3) is 0 Å². The molecule has 1 amide bonds. The molecular formula is C22H29N5O4. The first-order valence-electron chi connectivity index (χ1n) is 10.0. The van der Waals surface area contributed by atoms with Gasteiger partial charge in [-0.15, -0.1) is 0 Å². The number of methoxy groups -OCH3 is 2. The molecule has 0 saturated carbocycles. The average molecular weight is 428 g/mol. The van der Waals surface area contributed by atoms with Crippen LogP contribution in [0.3, 0.4) is 0 Å². The Morgan fingerprint density at radius 2 is 1.77 bits per heavy atom. The summed E-state index contributed by atoms with van der Waals surface area (Å²) in [4.78, 5) is 14.5. The van der Waals surface area contributed by atoms with E-state index in [1.807, 2.05) is 31.5 Å². The molecule has 0 unspecified atom stereocenters. The van der Waals surface area contributed by atoms with Gasteiger partial charge in [-0.3, -0.25) is 9.48 Å². The van der Waals surface area contributed by atoms with Crippen molar-refractivity contribution in [2.75, 3.05) is 21.3 Å². The number of hydrogen-bond acceptors (Lipinski definition) is 6. The molecule has 31 heavy (non-hydrogen) atoms.